The molecule has 2 unspecified atom stereocenters. The Balaban J connectivity index is 2.05. The van der Waals surface area contributed by atoms with Gasteiger partial charge in [0.05, 0.1) is 0 Å². The van der Waals surface area contributed by atoms with Gasteiger partial charge in [0.15, 0.2) is 17.6 Å². The highest BCUT2D eigenvalue weighted by molar-refractivity contribution is 6.35. The SMILES string of the molecule is O=C(O)C1Oc2ccccc2OC1c1ccc(Cl)cc1Cl. The van der Waals surface area contributed by atoms with Crippen molar-refractivity contribution in [2.75, 3.05) is 0 Å². The van der Waals surface area contributed by atoms with Crippen molar-refractivity contribution in [3.63, 3.8) is 0 Å². The minimum Gasteiger partial charge on any atom is -0.478 e. The number of para-hydroxylation sites is 2. The quantitative estimate of drug-likeness (QED) is 0.908. The van der Waals surface area contributed by atoms with E-state index >= 15 is 0 Å². The summed E-state index contributed by atoms with van der Waals surface area (Å²) in [5.74, 6) is -0.252. The third-order valence-corrected chi connectivity index (χ3v) is 3.71. The van der Waals surface area contributed by atoms with Crippen LogP contribution in [0.15, 0.2) is 42.5 Å². The van der Waals surface area contributed by atoms with Crippen molar-refractivity contribution < 1.29 is 19.4 Å². The predicted octanol–water partition coefficient (Wildman–Crippen LogP) is 3.96. The maximum Gasteiger partial charge on any atom is 0.349 e. The van der Waals surface area contributed by atoms with Crippen molar-refractivity contribution in [2.24, 2.45) is 0 Å². The summed E-state index contributed by atoms with van der Waals surface area (Å²) in [5.41, 5.74) is 0.517. The standard InChI is InChI=1S/C15H10Cl2O4/c16-8-5-6-9(10(17)7-8)13-14(15(18)19)21-12-4-2-1-3-11(12)20-13/h1-7,13-14H,(H,18,19). The van der Waals surface area contributed by atoms with Crippen LogP contribution in [0.25, 0.3) is 0 Å². The second kappa shape index (κ2) is 5.47. The Morgan fingerprint density at radius 2 is 1.71 bits per heavy atom. The number of fused-ring (bicyclic) bond motifs is 1. The normalized spacial score (nSPS) is 20.1. The predicted molar refractivity (Wildman–Crippen MR) is 78.3 cm³/mol. The number of carboxylic acids is 1. The Morgan fingerprint density at radius 1 is 1.05 bits per heavy atom. The van der Waals surface area contributed by atoms with E-state index in [0.717, 1.165) is 0 Å². The minimum atomic E-state index is -1.18. The highest BCUT2D eigenvalue weighted by Crippen LogP contribution is 2.41. The Bertz CT molecular complexity index is 702. The van der Waals surface area contributed by atoms with Gasteiger partial charge in [0, 0.05) is 15.6 Å². The van der Waals surface area contributed by atoms with Crippen LogP contribution in [0, 0.1) is 0 Å². The van der Waals surface area contributed by atoms with Crippen molar-refractivity contribution in [2.45, 2.75) is 12.2 Å². The molecule has 0 saturated carbocycles. The van der Waals surface area contributed by atoms with Gasteiger partial charge in [0.25, 0.3) is 0 Å². The molecule has 3 rings (SSSR count). The second-order valence-corrected chi connectivity index (χ2v) is 5.37. The summed E-state index contributed by atoms with van der Waals surface area (Å²) in [5, 5.41) is 10.2. The summed E-state index contributed by atoms with van der Waals surface area (Å²) in [7, 11) is 0. The van der Waals surface area contributed by atoms with Crippen molar-refractivity contribution in [3.8, 4) is 11.5 Å². The van der Waals surface area contributed by atoms with E-state index in [-0.39, 0.29) is 0 Å². The lowest BCUT2D eigenvalue weighted by atomic mass is 10.0. The van der Waals surface area contributed by atoms with Gasteiger partial charge in [-0.1, -0.05) is 41.4 Å². The molecular formula is C15H10Cl2O4. The molecule has 2 aromatic rings. The molecule has 0 aromatic heterocycles. The average molecular weight is 325 g/mol. The highest BCUT2D eigenvalue weighted by Gasteiger charge is 2.39. The zero-order valence-corrected chi connectivity index (χ0v) is 12.1. The van der Waals surface area contributed by atoms with Gasteiger partial charge in [0.1, 0.15) is 0 Å². The number of hydrogen-bond donors (Lipinski definition) is 1. The Morgan fingerprint density at radius 3 is 2.33 bits per heavy atom. The van der Waals surface area contributed by atoms with Crippen LogP contribution in [-0.4, -0.2) is 17.2 Å². The number of benzene rings is 2. The van der Waals surface area contributed by atoms with E-state index < -0.39 is 18.2 Å². The minimum absolute atomic E-state index is 0.335. The molecule has 2 aromatic carbocycles. The summed E-state index contributed by atoms with van der Waals surface area (Å²) >= 11 is 12.0. The van der Waals surface area contributed by atoms with Crippen LogP contribution in [0.5, 0.6) is 11.5 Å². The van der Waals surface area contributed by atoms with Crippen LogP contribution in [0.2, 0.25) is 10.0 Å². The molecule has 0 fully saturated rings. The summed E-state index contributed by atoms with van der Waals surface area (Å²) in [6, 6.07) is 11.7. The van der Waals surface area contributed by atoms with E-state index in [9.17, 15) is 9.90 Å². The number of ether oxygens (including phenoxy) is 2. The Kier molecular flexibility index (Phi) is 3.66. The fraction of sp³-hybridized carbons (Fsp3) is 0.133. The smallest absolute Gasteiger partial charge is 0.349 e. The van der Waals surface area contributed by atoms with Crippen molar-refractivity contribution in [1.82, 2.24) is 0 Å². The molecule has 2 atom stereocenters. The molecule has 0 aliphatic carbocycles. The van der Waals surface area contributed by atoms with Crippen molar-refractivity contribution in [3.05, 3.63) is 58.1 Å². The Labute approximate surface area is 130 Å². The number of hydrogen-bond acceptors (Lipinski definition) is 3. The molecule has 108 valence electrons. The fourth-order valence-corrected chi connectivity index (χ4v) is 2.70. The van der Waals surface area contributed by atoms with Crippen LogP contribution in [0.3, 0.4) is 0 Å². The number of carboxylic acid groups (broad SMARTS) is 1. The summed E-state index contributed by atoms with van der Waals surface area (Å²) in [4.78, 5) is 11.5. The highest BCUT2D eigenvalue weighted by atomic mass is 35.5. The van der Waals surface area contributed by atoms with Gasteiger partial charge in [-0.25, -0.2) is 4.79 Å². The third kappa shape index (κ3) is 2.64. The van der Waals surface area contributed by atoms with Crippen LogP contribution in [0.1, 0.15) is 11.7 Å². The molecule has 6 heteroatoms. The third-order valence-electron chi connectivity index (χ3n) is 3.14. The first-order chi connectivity index (χ1) is 10.1. The zero-order valence-electron chi connectivity index (χ0n) is 10.6. The molecule has 0 saturated heterocycles. The first-order valence-corrected chi connectivity index (χ1v) is 6.92. The topological polar surface area (TPSA) is 55.8 Å². The molecule has 4 nitrogen and oxygen atoms in total. The molecule has 0 bridgehead atoms. The van der Waals surface area contributed by atoms with E-state index in [1.165, 1.54) is 0 Å². The number of halogens is 2. The largest absolute Gasteiger partial charge is 0.478 e. The van der Waals surface area contributed by atoms with Gasteiger partial charge >= 0.3 is 5.97 Å². The molecule has 0 spiro atoms. The van der Waals surface area contributed by atoms with Gasteiger partial charge < -0.3 is 14.6 Å². The lowest BCUT2D eigenvalue weighted by Gasteiger charge is -2.32. The molecule has 21 heavy (non-hydrogen) atoms. The Hall–Kier alpha value is -1.91. The van der Waals surface area contributed by atoms with Crippen LogP contribution in [0.4, 0.5) is 0 Å². The number of rotatable bonds is 2. The first-order valence-electron chi connectivity index (χ1n) is 6.16. The van der Waals surface area contributed by atoms with Gasteiger partial charge in [-0.15, -0.1) is 0 Å². The van der Waals surface area contributed by atoms with E-state index in [0.29, 0.717) is 27.1 Å². The molecule has 0 amide bonds. The summed E-state index contributed by atoms with van der Waals surface area (Å²) < 4.78 is 11.3. The monoisotopic (exact) mass is 324 g/mol. The molecular weight excluding hydrogens is 315 g/mol. The summed E-state index contributed by atoms with van der Waals surface area (Å²) in [6.45, 7) is 0. The lowest BCUT2D eigenvalue weighted by molar-refractivity contribution is -0.151. The summed E-state index contributed by atoms with van der Waals surface area (Å²) in [6.07, 6.45) is -2.03. The van der Waals surface area contributed by atoms with Gasteiger partial charge in [-0.05, 0) is 24.3 Å². The maximum atomic E-state index is 11.5. The van der Waals surface area contributed by atoms with E-state index in [1.54, 1.807) is 42.5 Å². The molecule has 1 heterocycles. The van der Waals surface area contributed by atoms with Crippen molar-refractivity contribution in [1.29, 1.82) is 0 Å². The van der Waals surface area contributed by atoms with Crippen molar-refractivity contribution >= 4 is 29.2 Å². The molecule has 1 aliphatic heterocycles. The zero-order chi connectivity index (χ0) is 15.0. The van der Waals surface area contributed by atoms with Gasteiger partial charge in [-0.3, -0.25) is 0 Å². The first kappa shape index (κ1) is 14.0. The second-order valence-electron chi connectivity index (χ2n) is 4.53. The van der Waals surface area contributed by atoms with E-state index in [1.807, 2.05) is 0 Å². The van der Waals surface area contributed by atoms with Crippen LogP contribution in [-0.2, 0) is 4.79 Å². The fourth-order valence-electron chi connectivity index (χ4n) is 2.18. The average Bonchev–Trinajstić information content (AvgIpc) is 2.46. The van der Waals surface area contributed by atoms with Gasteiger partial charge in [-0.2, -0.15) is 0 Å². The van der Waals surface area contributed by atoms with Crippen LogP contribution < -0.4 is 9.47 Å². The number of aliphatic carboxylic acids is 1. The molecule has 1 aliphatic rings. The molecule has 1 N–H and O–H groups in total. The van der Waals surface area contributed by atoms with Gasteiger partial charge in [0.2, 0.25) is 6.10 Å². The maximum absolute atomic E-state index is 11.5. The lowest BCUT2D eigenvalue weighted by Crippen LogP contribution is -2.39. The number of carbonyl (C=O) groups is 1. The van der Waals surface area contributed by atoms with Crippen LogP contribution >= 0.6 is 23.2 Å². The van der Waals surface area contributed by atoms with E-state index in [4.69, 9.17) is 32.7 Å². The molecule has 0 radical (unpaired) electrons. The van der Waals surface area contributed by atoms with E-state index in [2.05, 4.69) is 0 Å².